The standard InChI is InChI=1S/C15H13NO4/c17-9-4-3-7-12(13(18)8-9)16-14(19)10-5-1-2-6-11(10)15(16)20/h1-2,5-6,12H,3-4,7-8H2/t12-/m0/s1. The van der Waals surface area contributed by atoms with Crippen molar-refractivity contribution >= 4 is 23.4 Å². The normalized spacial score (nSPS) is 23.0. The average molecular weight is 271 g/mol. The zero-order valence-electron chi connectivity index (χ0n) is 10.8. The van der Waals surface area contributed by atoms with Gasteiger partial charge in [-0.2, -0.15) is 0 Å². The first-order valence-corrected chi connectivity index (χ1v) is 6.61. The van der Waals surface area contributed by atoms with Gasteiger partial charge in [0.25, 0.3) is 11.8 Å². The molecule has 1 fully saturated rings. The largest absolute Gasteiger partial charge is 0.299 e. The molecule has 2 aliphatic rings. The number of carbonyl (C=O) groups is 4. The van der Waals surface area contributed by atoms with Gasteiger partial charge in [0.15, 0.2) is 5.78 Å². The van der Waals surface area contributed by atoms with Crippen molar-refractivity contribution in [1.29, 1.82) is 0 Å². The number of Topliss-reactive ketones (excluding diaryl/α,β-unsaturated/α-hetero) is 2. The summed E-state index contributed by atoms with van der Waals surface area (Å²) < 4.78 is 0. The molecule has 1 aromatic rings. The first-order valence-electron chi connectivity index (χ1n) is 6.61. The van der Waals surface area contributed by atoms with Gasteiger partial charge >= 0.3 is 0 Å². The maximum atomic E-state index is 12.3. The average Bonchev–Trinajstić information content (AvgIpc) is 2.57. The van der Waals surface area contributed by atoms with Crippen molar-refractivity contribution in [2.45, 2.75) is 31.7 Å². The third-order valence-electron chi connectivity index (χ3n) is 3.81. The molecule has 5 nitrogen and oxygen atoms in total. The monoisotopic (exact) mass is 271 g/mol. The summed E-state index contributed by atoms with van der Waals surface area (Å²) in [5, 5.41) is 0. The van der Waals surface area contributed by atoms with E-state index in [1.807, 2.05) is 0 Å². The minimum absolute atomic E-state index is 0.117. The zero-order valence-corrected chi connectivity index (χ0v) is 10.8. The molecule has 0 unspecified atom stereocenters. The summed E-state index contributed by atoms with van der Waals surface area (Å²) >= 11 is 0. The highest BCUT2D eigenvalue weighted by molar-refractivity contribution is 6.23. The van der Waals surface area contributed by atoms with Gasteiger partial charge in [-0.25, -0.2) is 0 Å². The lowest BCUT2D eigenvalue weighted by atomic mass is 10.1. The van der Waals surface area contributed by atoms with Crippen molar-refractivity contribution in [1.82, 2.24) is 4.90 Å². The van der Waals surface area contributed by atoms with Crippen LogP contribution < -0.4 is 0 Å². The van der Waals surface area contributed by atoms with Gasteiger partial charge < -0.3 is 0 Å². The van der Waals surface area contributed by atoms with Crippen LogP contribution in [-0.2, 0) is 9.59 Å². The third kappa shape index (κ3) is 1.86. The van der Waals surface area contributed by atoms with Gasteiger partial charge in [-0.05, 0) is 25.0 Å². The second-order valence-corrected chi connectivity index (χ2v) is 5.12. The molecule has 2 amide bonds. The van der Waals surface area contributed by atoms with Gasteiger partial charge in [0.1, 0.15) is 5.78 Å². The van der Waals surface area contributed by atoms with Crippen LogP contribution in [0.25, 0.3) is 0 Å². The number of nitrogens with zero attached hydrogens (tertiary/aromatic N) is 1. The van der Waals surface area contributed by atoms with Crippen LogP contribution in [0.15, 0.2) is 24.3 Å². The van der Waals surface area contributed by atoms with Crippen molar-refractivity contribution < 1.29 is 19.2 Å². The topological polar surface area (TPSA) is 71.5 Å². The number of hydrogen-bond donors (Lipinski definition) is 0. The molecule has 20 heavy (non-hydrogen) atoms. The molecule has 0 saturated heterocycles. The number of imide groups is 1. The summed E-state index contributed by atoms with van der Waals surface area (Å²) in [6.45, 7) is 0. The Morgan fingerprint density at radius 3 is 2.15 bits per heavy atom. The van der Waals surface area contributed by atoms with Crippen molar-refractivity contribution in [2.75, 3.05) is 0 Å². The predicted molar refractivity (Wildman–Crippen MR) is 69.2 cm³/mol. The highest BCUT2D eigenvalue weighted by Gasteiger charge is 2.43. The van der Waals surface area contributed by atoms with E-state index in [0.29, 0.717) is 30.4 Å². The second-order valence-electron chi connectivity index (χ2n) is 5.12. The maximum Gasteiger partial charge on any atom is 0.262 e. The fourth-order valence-electron chi connectivity index (χ4n) is 2.82. The van der Waals surface area contributed by atoms with Crippen molar-refractivity contribution in [3.63, 3.8) is 0 Å². The highest BCUT2D eigenvalue weighted by Crippen LogP contribution is 2.28. The lowest BCUT2D eigenvalue weighted by Gasteiger charge is -2.23. The summed E-state index contributed by atoms with van der Waals surface area (Å²) in [6, 6.07) is 5.75. The van der Waals surface area contributed by atoms with Crippen LogP contribution in [0.1, 0.15) is 46.4 Å². The van der Waals surface area contributed by atoms with E-state index in [2.05, 4.69) is 0 Å². The van der Waals surface area contributed by atoms with E-state index in [1.165, 1.54) is 0 Å². The van der Waals surface area contributed by atoms with Crippen LogP contribution in [0.5, 0.6) is 0 Å². The SMILES string of the molecule is O=C1CCC[C@H](N2C(=O)c3ccccc3C2=O)C(=O)C1. The van der Waals surface area contributed by atoms with E-state index in [-0.39, 0.29) is 18.0 Å². The number of amides is 2. The Labute approximate surface area is 115 Å². The van der Waals surface area contributed by atoms with Gasteiger partial charge in [0.2, 0.25) is 0 Å². The van der Waals surface area contributed by atoms with Crippen molar-refractivity contribution in [3.8, 4) is 0 Å². The Kier molecular flexibility index (Phi) is 2.97. The molecule has 0 radical (unpaired) electrons. The summed E-state index contributed by atoms with van der Waals surface area (Å²) in [6.07, 6.45) is 1.06. The van der Waals surface area contributed by atoms with Crippen LogP contribution in [0, 0.1) is 0 Å². The molecule has 102 valence electrons. The Morgan fingerprint density at radius 2 is 1.55 bits per heavy atom. The molecule has 1 aromatic carbocycles. The van der Waals surface area contributed by atoms with Crippen LogP contribution in [0.3, 0.4) is 0 Å². The molecule has 1 heterocycles. The molecule has 0 bridgehead atoms. The van der Waals surface area contributed by atoms with Crippen molar-refractivity contribution in [3.05, 3.63) is 35.4 Å². The minimum atomic E-state index is -0.797. The quantitative estimate of drug-likeness (QED) is 0.439. The predicted octanol–water partition coefficient (Wildman–Crippen LogP) is 1.36. The molecule has 0 aromatic heterocycles. The van der Waals surface area contributed by atoms with Crippen LogP contribution in [-0.4, -0.2) is 34.3 Å². The van der Waals surface area contributed by atoms with E-state index < -0.39 is 17.9 Å². The van der Waals surface area contributed by atoms with Crippen LogP contribution >= 0.6 is 0 Å². The summed E-state index contributed by atoms with van der Waals surface area (Å²) in [5.74, 6) is -1.31. The highest BCUT2D eigenvalue weighted by atomic mass is 16.2. The minimum Gasteiger partial charge on any atom is -0.299 e. The Bertz CT molecular complexity index is 600. The molecular formula is C15H13NO4. The van der Waals surface area contributed by atoms with Gasteiger partial charge in [0, 0.05) is 6.42 Å². The van der Waals surface area contributed by atoms with Crippen molar-refractivity contribution in [2.24, 2.45) is 0 Å². The van der Waals surface area contributed by atoms with Crippen LogP contribution in [0.2, 0.25) is 0 Å². The zero-order chi connectivity index (χ0) is 14.3. The maximum absolute atomic E-state index is 12.3. The fraction of sp³-hybridized carbons (Fsp3) is 0.333. The smallest absolute Gasteiger partial charge is 0.262 e. The summed E-state index contributed by atoms with van der Waals surface area (Å²) in [4.78, 5) is 49.2. The summed E-state index contributed by atoms with van der Waals surface area (Å²) in [5.41, 5.74) is 0.668. The number of fused-ring (bicyclic) bond motifs is 1. The molecule has 1 aliphatic carbocycles. The van der Waals surface area contributed by atoms with E-state index in [9.17, 15) is 19.2 Å². The Balaban J connectivity index is 1.96. The number of rotatable bonds is 1. The third-order valence-corrected chi connectivity index (χ3v) is 3.81. The van der Waals surface area contributed by atoms with Crippen LogP contribution in [0.4, 0.5) is 0 Å². The Morgan fingerprint density at radius 1 is 0.950 bits per heavy atom. The van der Waals surface area contributed by atoms with E-state index in [0.717, 1.165) is 4.90 Å². The molecule has 3 rings (SSSR count). The molecule has 1 atom stereocenters. The number of carbonyl (C=O) groups excluding carboxylic acids is 4. The fourth-order valence-corrected chi connectivity index (χ4v) is 2.82. The molecule has 1 saturated carbocycles. The number of ketones is 2. The molecule has 0 N–H and O–H groups in total. The van der Waals surface area contributed by atoms with E-state index in [1.54, 1.807) is 24.3 Å². The van der Waals surface area contributed by atoms with E-state index in [4.69, 9.17) is 0 Å². The number of hydrogen-bond acceptors (Lipinski definition) is 4. The first kappa shape index (κ1) is 12.7. The Hall–Kier alpha value is -2.30. The lowest BCUT2D eigenvalue weighted by molar-refractivity contribution is -0.128. The lowest BCUT2D eigenvalue weighted by Crippen LogP contribution is -2.44. The number of benzene rings is 1. The summed E-state index contributed by atoms with van der Waals surface area (Å²) in [7, 11) is 0. The molecule has 5 heteroatoms. The van der Waals surface area contributed by atoms with E-state index >= 15 is 0 Å². The molecule has 1 aliphatic heterocycles. The first-order chi connectivity index (χ1) is 9.59. The molecule has 0 spiro atoms. The van der Waals surface area contributed by atoms with Gasteiger partial charge in [-0.1, -0.05) is 12.1 Å². The second kappa shape index (κ2) is 4.67. The molecular weight excluding hydrogens is 258 g/mol. The van der Waals surface area contributed by atoms with Gasteiger partial charge in [-0.15, -0.1) is 0 Å². The van der Waals surface area contributed by atoms with Gasteiger partial charge in [-0.3, -0.25) is 24.1 Å². The van der Waals surface area contributed by atoms with Gasteiger partial charge in [0.05, 0.1) is 23.6 Å².